The van der Waals surface area contributed by atoms with Gasteiger partial charge in [-0.2, -0.15) is 5.10 Å². The maximum atomic E-state index is 4.60. The molecular weight excluding hydrogens is 198 g/mol. The molecule has 0 unspecified atom stereocenters. The third-order valence-electron chi connectivity index (χ3n) is 3.04. The van der Waals surface area contributed by atoms with E-state index in [2.05, 4.69) is 47.8 Å². The van der Waals surface area contributed by atoms with Crippen LogP contribution in [0.3, 0.4) is 0 Å². The number of aryl methyl sites for hydroxylation is 1. The highest BCUT2D eigenvalue weighted by atomic mass is 15.3. The highest BCUT2D eigenvalue weighted by Gasteiger charge is 2.13. The molecule has 16 heavy (non-hydrogen) atoms. The van der Waals surface area contributed by atoms with Crippen LogP contribution in [0, 0.1) is 6.92 Å². The van der Waals surface area contributed by atoms with Gasteiger partial charge in [0.2, 0.25) is 0 Å². The van der Waals surface area contributed by atoms with Crippen LogP contribution in [0.5, 0.6) is 0 Å². The summed E-state index contributed by atoms with van der Waals surface area (Å²) in [6, 6.07) is 8.46. The summed E-state index contributed by atoms with van der Waals surface area (Å²) in [5, 5.41) is 7.94. The molecule has 0 bridgehead atoms. The second-order valence-electron chi connectivity index (χ2n) is 4.31. The highest BCUT2D eigenvalue weighted by molar-refractivity contribution is 5.35. The number of hydrogen-bond donors (Lipinski definition) is 1. The Balaban J connectivity index is 2.00. The summed E-state index contributed by atoms with van der Waals surface area (Å²) in [5.74, 6) is 0. The zero-order chi connectivity index (χ0) is 11.0. The Bertz CT molecular complexity index is 473. The minimum absolute atomic E-state index is 0.897. The quantitative estimate of drug-likeness (QED) is 0.783. The van der Waals surface area contributed by atoms with Gasteiger partial charge in [-0.25, -0.2) is 4.68 Å². The van der Waals surface area contributed by atoms with E-state index in [0.717, 1.165) is 25.2 Å². The lowest BCUT2D eigenvalue weighted by atomic mass is 10.1. The summed E-state index contributed by atoms with van der Waals surface area (Å²) < 4.78 is 1.98. The highest BCUT2D eigenvalue weighted by Crippen LogP contribution is 2.15. The molecule has 2 aromatic rings. The maximum Gasteiger partial charge on any atom is 0.0799 e. The molecule has 1 aliphatic heterocycles. The van der Waals surface area contributed by atoms with Crippen molar-refractivity contribution in [3.8, 4) is 5.69 Å². The van der Waals surface area contributed by atoms with Gasteiger partial charge >= 0.3 is 0 Å². The standard InChI is InChI=1S/C13H15N3/c1-10-2-4-12(5-3-10)16-9-11-6-7-14-8-13(11)15-16/h2-5,9,14H,6-8H2,1H3. The van der Waals surface area contributed by atoms with E-state index in [4.69, 9.17) is 0 Å². The molecule has 0 fully saturated rings. The maximum absolute atomic E-state index is 4.60. The Morgan fingerprint density at radius 1 is 1.25 bits per heavy atom. The van der Waals surface area contributed by atoms with Crippen molar-refractivity contribution < 1.29 is 0 Å². The van der Waals surface area contributed by atoms with Crippen LogP contribution in [0.4, 0.5) is 0 Å². The Morgan fingerprint density at radius 3 is 2.81 bits per heavy atom. The topological polar surface area (TPSA) is 29.9 Å². The number of nitrogens with one attached hydrogen (secondary N) is 1. The zero-order valence-electron chi connectivity index (χ0n) is 9.40. The van der Waals surface area contributed by atoms with E-state index in [1.807, 2.05) is 4.68 Å². The number of fused-ring (bicyclic) bond motifs is 1. The Hall–Kier alpha value is -1.61. The number of benzene rings is 1. The van der Waals surface area contributed by atoms with Gasteiger partial charge in [-0.1, -0.05) is 17.7 Å². The number of rotatable bonds is 1. The molecule has 82 valence electrons. The SMILES string of the molecule is Cc1ccc(-n2cc3c(n2)CNCC3)cc1. The van der Waals surface area contributed by atoms with Crippen molar-refractivity contribution in [2.45, 2.75) is 19.9 Å². The molecule has 3 heteroatoms. The first-order valence-corrected chi connectivity index (χ1v) is 5.68. The van der Waals surface area contributed by atoms with Crippen LogP contribution in [0.25, 0.3) is 5.69 Å². The first-order valence-electron chi connectivity index (χ1n) is 5.68. The first kappa shape index (κ1) is 9.60. The second kappa shape index (κ2) is 3.76. The average Bonchev–Trinajstić information content (AvgIpc) is 2.73. The molecule has 2 heterocycles. The monoisotopic (exact) mass is 213 g/mol. The van der Waals surface area contributed by atoms with E-state index in [-0.39, 0.29) is 0 Å². The van der Waals surface area contributed by atoms with Crippen molar-refractivity contribution in [2.75, 3.05) is 6.54 Å². The second-order valence-corrected chi connectivity index (χ2v) is 4.31. The van der Waals surface area contributed by atoms with Gasteiger partial charge in [0, 0.05) is 12.7 Å². The van der Waals surface area contributed by atoms with Crippen LogP contribution < -0.4 is 5.32 Å². The summed E-state index contributed by atoms with van der Waals surface area (Å²) in [7, 11) is 0. The Labute approximate surface area is 95.1 Å². The van der Waals surface area contributed by atoms with Gasteiger partial charge in [0.15, 0.2) is 0 Å². The smallest absolute Gasteiger partial charge is 0.0799 e. The largest absolute Gasteiger partial charge is 0.311 e. The number of nitrogens with zero attached hydrogens (tertiary/aromatic N) is 2. The first-order chi connectivity index (χ1) is 7.83. The van der Waals surface area contributed by atoms with Crippen molar-refractivity contribution >= 4 is 0 Å². The van der Waals surface area contributed by atoms with Crippen LogP contribution in [-0.4, -0.2) is 16.3 Å². The third kappa shape index (κ3) is 1.63. The summed E-state index contributed by atoms with van der Waals surface area (Å²) in [6.45, 7) is 4.06. The number of hydrogen-bond acceptors (Lipinski definition) is 2. The van der Waals surface area contributed by atoms with E-state index in [1.54, 1.807) is 0 Å². The molecule has 0 saturated heterocycles. The van der Waals surface area contributed by atoms with Crippen molar-refractivity contribution in [3.05, 3.63) is 47.3 Å². The molecule has 0 amide bonds. The molecule has 0 radical (unpaired) electrons. The summed E-state index contributed by atoms with van der Waals surface area (Å²) in [6.07, 6.45) is 3.24. The molecule has 3 rings (SSSR count). The van der Waals surface area contributed by atoms with Gasteiger partial charge in [-0.3, -0.25) is 0 Å². The van der Waals surface area contributed by atoms with Gasteiger partial charge in [0.05, 0.1) is 11.4 Å². The minimum atomic E-state index is 0.897. The summed E-state index contributed by atoms with van der Waals surface area (Å²) in [5.41, 5.74) is 4.98. The molecule has 1 aliphatic rings. The van der Waals surface area contributed by atoms with E-state index in [1.165, 1.54) is 16.8 Å². The van der Waals surface area contributed by atoms with E-state index >= 15 is 0 Å². The predicted molar refractivity (Wildman–Crippen MR) is 63.7 cm³/mol. The molecule has 1 aromatic carbocycles. The van der Waals surface area contributed by atoms with Crippen molar-refractivity contribution in [3.63, 3.8) is 0 Å². The molecule has 0 spiro atoms. The predicted octanol–water partition coefficient (Wildman–Crippen LogP) is 1.83. The van der Waals surface area contributed by atoms with E-state index in [0.29, 0.717) is 0 Å². The minimum Gasteiger partial charge on any atom is -0.311 e. The van der Waals surface area contributed by atoms with Crippen LogP contribution in [0.15, 0.2) is 30.5 Å². The van der Waals surface area contributed by atoms with Crippen LogP contribution in [0.2, 0.25) is 0 Å². The van der Waals surface area contributed by atoms with Gasteiger partial charge in [-0.05, 0) is 37.6 Å². The molecule has 0 saturated carbocycles. The lowest BCUT2D eigenvalue weighted by Gasteiger charge is -2.09. The van der Waals surface area contributed by atoms with E-state index in [9.17, 15) is 0 Å². The molecule has 0 aliphatic carbocycles. The van der Waals surface area contributed by atoms with E-state index < -0.39 is 0 Å². The summed E-state index contributed by atoms with van der Waals surface area (Å²) in [4.78, 5) is 0. The van der Waals surface area contributed by atoms with Gasteiger partial charge in [-0.15, -0.1) is 0 Å². The van der Waals surface area contributed by atoms with Gasteiger partial charge < -0.3 is 5.32 Å². The molecule has 3 nitrogen and oxygen atoms in total. The Morgan fingerprint density at radius 2 is 2.06 bits per heavy atom. The third-order valence-corrected chi connectivity index (χ3v) is 3.04. The van der Waals surface area contributed by atoms with Crippen LogP contribution >= 0.6 is 0 Å². The lowest BCUT2D eigenvalue weighted by Crippen LogP contribution is -2.22. The fraction of sp³-hybridized carbons (Fsp3) is 0.308. The van der Waals surface area contributed by atoms with Crippen molar-refractivity contribution in [2.24, 2.45) is 0 Å². The van der Waals surface area contributed by atoms with Crippen LogP contribution in [-0.2, 0) is 13.0 Å². The van der Waals surface area contributed by atoms with Crippen molar-refractivity contribution in [1.29, 1.82) is 0 Å². The molecule has 1 aromatic heterocycles. The number of aromatic nitrogens is 2. The fourth-order valence-corrected chi connectivity index (χ4v) is 2.06. The molecule has 1 N–H and O–H groups in total. The van der Waals surface area contributed by atoms with Crippen LogP contribution in [0.1, 0.15) is 16.8 Å². The lowest BCUT2D eigenvalue weighted by molar-refractivity contribution is 0.629. The summed E-state index contributed by atoms with van der Waals surface area (Å²) >= 11 is 0. The van der Waals surface area contributed by atoms with Gasteiger partial charge in [0.25, 0.3) is 0 Å². The normalized spacial score (nSPS) is 14.8. The van der Waals surface area contributed by atoms with Gasteiger partial charge in [0.1, 0.15) is 0 Å². The Kier molecular flexibility index (Phi) is 2.26. The average molecular weight is 213 g/mol. The van der Waals surface area contributed by atoms with Crippen molar-refractivity contribution in [1.82, 2.24) is 15.1 Å². The fourth-order valence-electron chi connectivity index (χ4n) is 2.06. The molecular formula is C13H15N3. The zero-order valence-corrected chi connectivity index (χ0v) is 9.40. The molecule has 0 atom stereocenters.